The van der Waals surface area contributed by atoms with Gasteiger partial charge < -0.3 is 30.6 Å². The van der Waals surface area contributed by atoms with Crippen LogP contribution in [0.15, 0.2) is 53.3 Å². The summed E-state index contributed by atoms with van der Waals surface area (Å²) in [6.07, 6.45) is 4.59. The van der Waals surface area contributed by atoms with Crippen LogP contribution >= 0.6 is 11.8 Å². The van der Waals surface area contributed by atoms with Gasteiger partial charge in [0.2, 0.25) is 17.7 Å². The third-order valence-corrected chi connectivity index (χ3v) is 12.1. The number of rotatable bonds is 13. The van der Waals surface area contributed by atoms with Gasteiger partial charge >= 0.3 is 5.97 Å². The van der Waals surface area contributed by atoms with E-state index in [9.17, 15) is 24.3 Å². The van der Waals surface area contributed by atoms with Crippen molar-refractivity contribution in [2.24, 2.45) is 10.4 Å². The van der Waals surface area contributed by atoms with Crippen LogP contribution in [0.1, 0.15) is 81.4 Å². The lowest BCUT2D eigenvalue weighted by Gasteiger charge is -2.43. The Bertz CT molecular complexity index is 1750. The van der Waals surface area contributed by atoms with E-state index in [-0.39, 0.29) is 48.8 Å². The molecule has 3 aliphatic heterocycles. The van der Waals surface area contributed by atoms with Crippen molar-refractivity contribution in [3.05, 3.63) is 65.0 Å². The number of likely N-dealkylation sites (tertiary alicyclic amines) is 1. The van der Waals surface area contributed by atoms with Crippen molar-refractivity contribution in [1.82, 2.24) is 30.3 Å². The first-order chi connectivity index (χ1) is 26.6. The number of pyridine rings is 1. The highest BCUT2D eigenvalue weighted by atomic mass is 32.2. The number of hydrogen-bond donors (Lipinski definition) is 4. The van der Waals surface area contributed by atoms with Gasteiger partial charge in [0, 0.05) is 69.4 Å². The van der Waals surface area contributed by atoms with Crippen molar-refractivity contribution >= 4 is 52.9 Å². The van der Waals surface area contributed by atoms with Crippen LogP contribution in [-0.2, 0) is 14.4 Å². The Morgan fingerprint density at radius 3 is 2.18 bits per heavy atom. The van der Waals surface area contributed by atoms with E-state index in [0.717, 1.165) is 79.7 Å². The third kappa shape index (κ3) is 10.5. The number of anilines is 1. The molecule has 3 amide bonds. The number of β-amino-alcohol motifs (C(OH)–C–C–N with tert-alkyl or cyclic N) is 1. The molecule has 4 N–H and O–H groups in total. The summed E-state index contributed by atoms with van der Waals surface area (Å²) in [4.78, 5) is 70.2. The molecule has 5 rings (SSSR count). The number of carboxylic acid groups (broad SMARTS) is 1. The normalized spacial score (nSPS) is 21.6. The third-order valence-electron chi connectivity index (χ3n) is 11.2. The molecular weight excluding hydrogens is 733 g/mol. The number of aromatic nitrogens is 1. The van der Waals surface area contributed by atoms with Gasteiger partial charge in [-0.1, -0.05) is 45.0 Å². The molecule has 304 valence electrons. The molecule has 0 unspecified atom stereocenters. The van der Waals surface area contributed by atoms with Crippen LogP contribution in [0, 0.1) is 5.41 Å². The molecular formula is C41H58N8O6S. The van der Waals surface area contributed by atoms with E-state index >= 15 is 0 Å². The molecule has 0 bridgehead atoms. The zero-order valence-electron chi connectivity index (χ0n) is 33.5. The summed E-state index contributed by atoms with van der Waals surface area (Å²) in [6.45, 7) is 18.1. The predicted octanol–water partition coefficient (Wildman–Crippen LogP) is 3.49. The molecule has 1 aromatic carbocycles. The number of allylic oxidation sites excluding steroid dienone is 1. The van der Waals surface area contributed by atoms with E-state index < -0.39 is 29.6 Å². The molecule has 3 aliphatic rings. The maximum absolute atomic E-state index is 14.2. The summed E-state index contributed by atoms with van der Waals surface area (Å²) < 4.78 is 0. The lowest BCUT2D eigenvalue weighted by atomic mass is 9.85. The average molecular weight is 791 g/mol. The maximum Gasteiger partial charge on any atom is 0.337 e. The number of nitrogens with one attached hydrogen (secondary N) is 2. The number of hydrogen-bond acceptors (Lipinski definition) is 11. The number of piperidine rings is 1. The Kier molecular flexibility index (Phi) is 14.3. The number of piperazine rings is 1. The van der Waals surface area contributed by atoms with Crippen LogP contribution in [-0.4, -0.2) is 143 Å². The van der Waals surface area contributed by atoms with Gasteiger partial charge in [-0.15, -0.1) is 11.8 Å². The molecule has 4 atom stereocenters. The highest BCUT2D eigenvalue weighted by molar-refractivity contribution is 8.07. The van der Waals surface area contributed by atoms with Gasteiger partial charge in [0.05, 0.1) is 30.0 Å². The SMILES string of the molecule is C=N/C(C)=C(\SC)c1ccc([C@H](C)NC(=O)[C@@H]2C[C@@H](O)CN2C(=O)[C@@H](NC(=O)CN2CCN(C3CCN(c4ccc(C(=O)O)cn4)CC3)CC2)C(C)(C)C)cc1. The van der Waals surface area contributed by atoms with E-state index in [4.69, 9.17) is 5.11 Å². The van der Waals surface area contributed by atoms with Crippen molar-refractivity contribution in [2.75, 3.05) is 63.5 Å². The number of benzene rings is 1. The van der Waals surface area contributed by atoms with Crippen LogP contribution in [0.25, 0.3) is 4.91 Å². The maximum atomic E-state index is 14.2. The second-order valence-electron chi connectivity index (χ2n) is 16.1. The van der Waals surface area contributed by atoms with E-state index in [1.54, 1.807) is 23.9 Å². The molecule has 15 heteroatoms. The fourth-order valence-corrected chi connectivity index (χ4v) is 8.57. The van der Waals surface area contributed by atoms with Gasteiger partial charge in [0.25, 0.3) is 0 Å². The lowest BCUT2D eigenvalue weighted by Crippen LogP contribution is -2.59. The number of carbonyl (C=O) groups is 4. The summed E-state index contributed by atoms with van der Waals surface area (Å²) in [7, 11) is 0. The summed E-state index contributed by atoms with van der Waals surface area (Å²) >= 11 is 1.59. The Balaban J connectivity index is 1.12. The van der Waals surface area contributed by atoms with Crippen molar-refractivity contribution in [2.45, 2.75) is 84.2 Å². The monoisotopic (exact) mass is 790 g/mol. The van der Waals surface area contributed by atoms with E-state index in [0.29, 0.717) is 6.04 Å². The Morgan fingerprint density at radius 1 is 0.982 bits per heavy atom. The summed E-state index contributed by atoms with van der Waals surface area (Å²) in [5.41, 5.74) is 2.27. The lowest BCUT2D eigenvalue weighted by molar-refractivity contribution is -0.144. The van der Waals surface area contributed by atoms with Crippen molar-refractivity contribution in [3.8, 4) is 0 Å². The highest BCUT2D eigenvalue weighted by Gasteiger charge is 2.45. The minimum atomic E-state index is -0.986. The van der Waals surface area contributed by atoms with Gasteiger partial charge in [0.15, 0.2) is 0 Å². The Morgan fingerprint density at radius 2 is 1.62 bits per heavy atom. The number of carbonyl (C=O) groups excluding carboxylic acids is 3. The van der Waals surface area contributed by atoms with Crippen LogP contribution in [0.4, 0.5) is 5.82 Å². The molecule has 0 spiro atoms. The van der Waals surface area contributed by atoms with Crippen LogP contribution in [0.5, 0.6) is 0 Å². The van der Waals surface area contributed by atoms with Gasteiger partial charge in [-0.2, -0.15) is 0 Å². The molecule has 0 saturated carbocycles. The van der Waals surface area contributed by atoms with E-state index in [2.05, 4.69) is 42.0 Å². The molecule has 4 heterocycles. The van der Waals surface area contributed by atoms with E-state index in [1.165, 1.54) is 11.1 Å². The molecule has 0 aliphatic carbocycles. The largest absolute Gasteiger partial charge is 0.478 e. The fourth-order valence-electron chi connectivity index (χ4n) is 7.84. The first-order valence-corrected chi connectivity index (χ1v) is 20.6. The highest BCUT2D eigenvalue weighted by Crippen LogP contribution is 2.31. The van der Waals surface area contributed by atoms with Crippen LogP contribution in [0.2, 0.25) is 0 Å². The number of aliphatic hydroxyl groups excluding tert-OH is 1. The number of carboxylic acids is 1. The number of thioether (sulfide) groups is 1. The average Bonchev–Trinajstić information content (AvgIpc) is 3.58. The van der Waals surface area contributed by atoms with E-state index in [1.807, 2.05) is 65.1 Å². The quantitative estimate of drug-likeness (QED) is 0.219. The summed E-state index contributed by atoms with van der Waals surface area (Å²) in [6, 6.07) is 9.55. The number of nitrogens with zero attached hydrogens (tertiary/aromatic N) is 6. The zero-order valence-corrected chi connectivity index (χ0v) is 34.3. The molecule has 0 radical (unpaired) electrons. The smallest absolute Gasteiger partial charge is 0.337 e. The topological polar surface area (TPSA) is 171 Å². The Labute approximate surface area is 334 Å². The van der Waals surface area contributed by atoms with Crippen molar-refractivity contribution in [1.29, 1.82) is 0 Å². The summed E-state index contributed by atoms with van der Waals surface area (Å²) in [5.74, 6) is -1.18. The van der Waals surface area contributed by atoms with Crippen LogP contribution < -0.4 is 15.5 Å². The number of aromatic carboxylic acids is 1. The zero-order chi connectivity index (χ0) is 40.7. The van der Waals surface area contributed by atoms with Gasteiger partial charge in [0.1, 0.15) is 17.9 Å². The second-order valence-corrected chi connectivity index (χ2v) is 16.9. The molecule has 2 aromatic rings. The predicted molar refractivity (Wildman–Crippen MR) is 221 cm³/mol. The first-order valence-electron chi connectivity index (χ1n) is 19.4. The fraction of sp³-hybridized carbons (Fsp3) is 0.561. The minimum absolute atomic E-state index is 0.0112. The molecule has 14 nitrogen and oxygen atoms in total. The molecule has 56 heavy (non-hydrogen) atoms. The second kappa shape index (κ2) is 18.8. The molecule has 1 aromatic heterocycles. The van der Waals surface area contributed by atoms with Crippen molar-refractivity contribution < 1.29 is 29.4 Å². The molecule has 3 saturated heterocycles. The number of aliphatic hydroxyl groups is 1. The Hall–Kier alpha value is -4.31. The number of amides is 3. The first kappa shape index (κ1) is 42.8. The number of aliphatic imine (C=N–C) groups is 1. The standard InChI is InChI=1S/C41H58N8O6S/c1-26(28-8-10-29(11-9-28)36(56-7)27(2)42-6)44-38(52)33-22-32(50)24-49(33)39(53)37(41(3,4)5)45-35(51)25-46-18-20-47(21-19-46)31-14-16-48(17-15-31)34-13-12-30(23-43-34)40(54)55/h8-13,23,26,31-33,37,50H,6,14-22,24-25H2,1-5,7H3,(H,44,52)(H,45,51)(H,54,55)/b36-27-/t26-,32+,33-,37+/m0/s1. The van der Waals surface area contributed by atoms with Gasteiger partial charge in [-0.05, 0) is 68.3 Å². The molecule has 3 fully saturated rings. The van der Waals surface area contributed by atoms with Gasteiger partial charge in [-0.25, -0.2) is 9.78 Å². The summed E-state index contributed by atoms with van der Waals surface area (Å²) in [5, 5.41) is 25.9. The minimum Gasteiger partial charge on any atom is -0.478 e. The van der Waals surface area contributed by atoms with Crippen molar-refractivity contribution in [3.63, 3.8) is 0 Å². The van der Waals surface area contributed by atoms with Crippen LogP contribution in [0.3, 0.4) is 0 Å². The van der Waals surface area contributed by atoms with Gasteiger partial charge in [-0.3, -0.25) is 29.2 Å².